The van der Waals surface area contributed by atoms with Crippen LogP contribution < -0.4 is 14.8 Å². The van der Waals surface area contributed by atoms with Gasteiger partial charge in [0.25, 0.3) is 0 Å². The minimum absolute atomic E-state index is 0.220. The lowest BCUT2D eigenvalue weighted by Gasteiger charge is -2.16. The molecule has 19 heavy (non-hydrogen) atoms. The first-order valence-corrected chi connectivity index (χ1v) is 6.93. The van der Waals surface area contributed by atoms with Crippen molar-refractivity contribution in [1.82, 2.24) is 0 Å². The number of halogens is 1. The molecule has 1 heterocycles. The van der Waals surface area contributed by atoms with Crippen LogP contribution in [0, 0.1) is 0 Å². The molecule has 98 valence electrons. The average molecular weight is 320 g/mol. The number of ether oxygens (including phenoxy) is 2. The van der Waals surface area contributed by atoms with Gasteiger partial charge in [-0.2, -0.15) is 0 Å². The molecule has 0 amide bonds. The first-order chi connectivity index (χ1) is 9.22. The second kappa shape index (κ2) is 5.13. The van der Waals surface area contributed by atoms with Crippen molar-refractivity contribution in [2.45, 2.75) is 13.0 Å². The molecule has 1 N–H and O–H groups in total. The zero-order valence-corrected chi connectivity index (χ0v) is 12.1. The number of benzene rings is 2. The second-order valence-electron chi connectivity index (χ2n) is 4.49. The summed E-state index contributed by atoms with van der Waals surface area (Å²) in [5.74, 6) is 1.60. The van der Waals surface area contributed by atoms with Gasteiger partial charge in [0.2, 0.25) is 6.79 Å². The van der Waals surface area contributed by atoms with Gasteiger partial charge in [0.1, 0.15) is 0 Å². The number of anilines is 1. The molecule has 3 rings (SSSR count). The van der Waals surface area contributed by atoms with Crippen molar-refractivity contribution in [3.63, 3.8) is 0 Å². The van der Waals surface area contributed by atoms with Crippen molar-refractivity contribution >= 4 is 21.6 Å². The van der Waals surface area contributed by atoms with Crippen LogP contribution in [-0.4, -0.2) is 6.79 Å². The Bertz CT molecular complexity index is 600. The van der Waals surface area contributed by atoms with Crippen molar-refractivity contribution in [2.24, 2.45) is 0 Å². The molecule has 0 aromatic heterocycles. The summed E-state index contributed by atoms with van der Waals surface area (Å²) < 4.78 is 11.8. The van der Waals surface area contributed by atoms with E-state index < -0.39 is 0 Å². The molecule has 1 aliphatic heterocycles. The van der Waals surface area contributed by atoms with E-state index in [0.717, 1.165) is 21.7 Å². The van der Waals surface area contributed by atoms with Crippen LogP contribution in [-0.2, 0) is 0 Å². The van der Waals surface area contributed by atoms with E-state index in [4.69, 9.17) is 9.47 Å². The molecule has 3 nitrogen and oxygen atoms in total. The number of rotatable bonds is 3. The van der Waals surface area contributed by atoms with Gasteiger partial charge < -0.3 is 14.8 Å². The Kier molecular flexibility index (Phi) is 3.34. The number of hydrogen-bond donors (Lipinski definition) is 1. The lowest BCUT2D eigenvalue weighted by Crippen LogP contribution is -2.06. The highest BCUT2D eigenvalue weighted by atomic mass is 79.9. The van der Waals surface area contributed by atoms with Crippen molar-refractivity contribution in [3.05, 3.63) is 52.5 Å². The third-order valence-electron chi connectivity index (χ3n) is 3.10. The number of fused-ring (bicyclic) bond motifs is 1. The molecule has 1 unspecified atom stereocenters. The highest BCUT2D eigenvalue weighted by Gasteiger charge is 2.14. The predicted octanol–water partition coefficient (Wildman–Crippen LogP) is 4.35. The topological polar surface area (TPSA) is 30.5 Å². The minimum Gasteiger partial charge on any atom is -0.454 e. The molecule has 1 atom stereocenters. The molecule has 0 spiro atoms. The maximum Gasteiger partial charge on any atom is 0.231 e. The fourth-order valence-corrected chi connectivity index (χ4v) is 2.51. The molecule has 2 aromatic carbocycles. The fourth-order valence-electron chi connectivity index (χ4n) is 2.10. The Labute approximate surface area is 120 Å². The molecule has 2 aromatic rings. The van der Waals surface area contributed by atoms with E-state index in [1.807, 2.05) is 30.3 Å². The van der Waals surface area contributed by atoms with Crippen LogP contribution in [0.3, 0.4) is 0 Å². The zero-order chi connectivity index (χ0) is 13.2. The van der Waals surface area contributed by atoms with Gasteiger partial charge in [-0.15, -0.1) is 0 Å². The van der Waals surface area contributed by atoms with Crippen LogP contribution >= 0.6 is 15.9 Å². The van der Waals surface area contributed by atoms with E-state index >= 15 is 0 Å². The van der Waals surface area contributed by atoms with Gasteiger partial charge in [0.05, 0.1) is 0 Å². The third-order valence-corrected chi connectivity index (χ3v) is 3.60. The second-order valence-corrected chi connectivity index (χ2v) is 5.40. The molecule has 0 saturated heterocycles. The first-order valence-electron chi connectivity index (χ1n) is 6.14. The van der Waals surface area contributed by atoms with E-state index in [1.54, 1.807) is 0 Å². The van der Waals surface area contributed by atoms with Crippen LogP contribution in [0.25, 0.3) is 0 Å². The van der Waals surface area contributed by atoms with Crippen LogP contribution in [0.1, 0.15) is 18.5 Å². The number of hydrogen-bond acceptors (Lipinski definition) is 3. The summed E-state index contributed by atoms with van der Waals surface area (Å²) in [5.41, 5.74) is 2.25. The molecule has 0 aliphatic carbocycles. The van der Waals surface area contributed by atoms with Crippen LogP contribution in [0.2, 0.25) is 0 Å². The summed E-state index contributed by atoms with van der Waals surface area (Å²) >= 11 is 3.49. The first kappa shape index (κ1) is 12.4. The van der Waals surface area contributed by atoms with E-state index in [-0.39, 0.29) is 6.04 Å². The molecule has 0 fully saturated rings. The van der Waals surface area contributed by atoms with Crippen LogP contribution in [0.5, 0.6) is 11.5 Å². The lowest BCUT2D eigenvalue weighted by atomic mass is 10.1. The van der Waals surface area contributed by atoms with E-state index in [9.17, 15) is 0 Å². The largest absolute Gasteiger partial charge is 0.454 e. The van der Waals surface area contributed by atoms with Crippen LogP contribution in [0.15, 0.2) is 46.9 Å². The average Bonchev–Trinajstić information content (AvgIpc) is 2.86. The minimum atomic E-state index is 0.220. The van der Waals surface area contributed by atoms with Gasteiger partial charge in [-0.1, -0.05) is 28.1 Å². The van der Waals surface area contributed by atoms with Gasteiger partial charge in [-0.05, 0) is 36.8 Å². The third kappa shape index (κ3) is 2.68. The Hall–Kier alpha value is -1.68. The normalized spacial score (nSPS) is 14.2. The molecule has 1 aliphatic rings. The van der Waals surface area contributed by atoms with E-state index in [1.165, 1.54) is 5.56 Å². The Balaban J connectivity index is 1.77. The molecule has 0 saturated carbocycles. The SMILES string of the molecule is CC(Nc1ccc2c(c1)OCO2)c1cccc(Br)c1. The maximum atomic E-state index is 5.38. The Morgan fingerprint density at radius 1 is 1.11 bits per heavy atom. The van der Waals surface area contributed by atoms with Gasteiger partial charge in [-0.3, -0.25) is 0 Å². The highest BCUT2D eigenvalue weighted by Crippen LogP contribution is 2.35. The van der Waals surface area contributed by atoms with Crippen molar-refractivity contribution < 1.29 is 9.47 Å². The molecular formula is C15H14BrNO2. The van der Waals surface area contributed by atoms with Gasteiger partial charge in [0.15, 0.2) is 11.5 Å². The molecular weight excluding hydrogens is 306 g/mol. The van der Waals surface area contributed by atoms with E-state index in [0.29, 0.717) is 6.79 Å². The summed E-state index contributed by atoms with van der Waals surface area (Å²) in [6.07, 6.45) is 0. The van der Waals surface area contributed by atoms with Gasteiger partial charge in [-0.25, -0.2) is 0 Å². The van der Waals surface area contributed by atoms with Gasteiger partial charge >= 0.3 is 0 Å². The number of nitrogens with one attached hydrogen (secondary N) is 1. The smallest absolute Gasteiger partial charge is 0.231 e. The highest BCUT2D eigenvalue weighted by molar-refractivity contribution is 9.10. The van der Waals surface area contributed by atoms with Crippen LogP contribution in [0.4, 0.5) is 5.69 Å². The quantitative estimate of drug-likeness (QED) is 0.912. The molecule has 0 radical (unpaired) electrons. The summed E-state index contributed by atoms with van der Waals surface area (Å²) in [4.78, 5) is 0. The summed E-state index contributed by atoms with van der Waals surface area (Å²) in [7, 11) is 0. The Morgan fingerprint density at radius 2 is 1.95 bits per heavy atom. The van der Waals surface area contributed by atoms with Crippen molar-refractivity contribution in [2.75, 3.05) is 12.1 Å². The molecule has 4 heteroatoms. The summed E-state index contributed by atoms with van der Waals surface area (Å²) in [5, 5.41) is 3.46. The Morgan fingerprint density at radius 3 is 2.79 bits per heavy atom. The molecule has 0 bridgehead atoms. The lowest BCUT2D eigenvalue weighted by molar-refractivity contribution is 0.174. The summed E-state index contributed by atoms with van der Waals surface area (Å²) in [6, 6.07) is 14.4. The monoisotopic (exact) mass is 319 g/mol. The van der Waals surface area contributed by atoms with Gasteiger partial charge in [0, 0.05) is 22.3 Å². The summed E-state index contributed by atoms with van der Waals surface area (Å²) in [6.45, 7) is 2.44. The van der Waals surface area contributed by atoms with Crippen molar-refractivity contribution in [1.29, 1.82) is 0 Å². The van der Waals surface area contributed by atoms with Crippen molar-refractivity contribution in [3.8, 4) is 11.5 Å². The van der Waals surface area contributed by atoms with E-state index in [2.05, 4.69) is 40.3 Å². The fraction of sp³-hybridized carbons (Fsp3) is 0.200. The maximum absolute atomic E-state index is 5.38. The standard InChI is InChI=1S/C15H14BrNO2/c1-10(11-3-2-4-12(16)7-11)17-13-5-6-14-15(8-13)19-9-18-14/h2-8,10,17H,9H2,1H3. The predicted molar refractivity (Wildman–Crippen MR) is 78.7 cm³/mol. The zero-order valence-electron chi connectivity index (χ0n) is 10.5.